The number of benzene rings is 4. The molecule has 0 heterocycles. The fraction of sp³-hybridized carbons (Fsp3) is 0.0690. The third-order valence-corrected chi connectivity index (χ3v) is 11.3. The molecule has 4 rings (SSSR count). The van der Waals surface area contributed by atoms with E-state index in [4.69, 9.17) is 30.2 Å². The van der Waals surface area contributed by atoms with E-state index in [2.05, 4.69) is 48.6 Å². The normalized spacial score (nSPS) is 12.1. The number of hydrogen-bond donors (Lipinski definition) is 1. The van der Waals surface area contributed by atoms with Gasteiger partial charge >= 0.3 is 0 Å². The first kappa shape index (κ1) is 30.8. The van der Waals surface area contributed by atoms with Crippen LogP contribution in [-0.2, 0) is 0 Å². The number of nitrogens with one attached hydrogen (secondary N) is 1. The molecule has 6 nitrogen and oxygen atoms in total. The Labute approximate surface area is 240 Å². The lowest BCUT2D eigenvalue weighted by Crippen LogP contribution is -2.68. The Kier molecular flexibility index (Phi) is 11.5. The predicted octanol–water partition coefficient (Wildman–Crippen LogP) is 1.77. The lowest BCUT2D eigenvalue weighted by molar-refractivity contribution is -2.00. The Morgan fingerprint density at radius 3 is 1.38 bits per heavy atom. The first-order valence-electron chi connectivity index (χ1n) is 11.7. The molecule has 0 saturated carbocycles. The van der Waals surface area contributed by atoms with Gasteiger partial charge in [-0.1, -0.05) is 91.3 Å². The average molecular weight is 602 g/mol. The van der Waals surface area contributed by atoms with Crippen molar-refractivity contribution >= 4 is 52.4 Å². The van der Waals surface area contributed by atoms with Gasteiger partial charge < -0.3 is 0 Å². The Balaban J connectivity index is 0.000000771. The van der Waals surface area contributed by atoms with Crippen molar-refractivity contribution in [3.05, 3.63) is 137 Å². The second kappa shape index (κ2) is 14.6. The maximum absolute atomic E-state index is 13.5. The Hall–Kier alpha value is -2.71. The summed E-state index contributed by atoms with van der Waals surface area (Å²) in [6.07, 6.45) is 0. The molecule has 202 valence electrons. The van der Waals surface area contributed by atoms with Crippen molar-refractivity contribution in [2.75, 3.05) is 5.75 Å². The number of amides is 1. The monoisotopic (exact) mass is 601 g/mol. The van der Waals surface area contributed by atoms with Crippen molar-refractivity contribution < 1.29 is 33.7 Å². The molecule has 0 aromatic heterocycles. The van der Waals surface area contributed by atoms with Crippen LogP contribution in [0.2, 0.25) is 0 Å². The van der Waals surface area contributed by atoms with Crippen molar-refractivity contribution in [2.45, 2.75) is 6.92 Å². The summed E-state index contributed by atoms with van der Waals surface area (Å²) in [7, 11) is -7.47. The minimum Gasteiger partial charge on any atom is -0.290 e. The van der Waals surface area contributed by atoms with Crippen molar-refractivity contribution in [3.63, 3.8) is 0 Å². The molecule has 39 heavy (non-hydrogen) atoms. The van der Waals surface area contributed by atoms with Crippen LogP contribution in [0.4, 0.5) is 0 Å². The van der Waals surface area contributed by atoms with Crippen molar-refractivity contribution in [1.82, 2.24) is 5.32 Å². The Morgan fingerprint density at radius 1 is 0.718 bits per heavy atom. The first-order chi connectivity index (χ1) is 18.7. The fourth-order valence-electron chi connectivity index (χ4n) is 4.02. The summed E-state index contributed by atoms with van der Waals surface area (Å²) in [5.41, 5.74) is 1.36. The van der Waals surface area contributed by atoms with Gasteiger partial charge in [-0.3, -0.25) is 10.1 Å². The van der Waals surface area contributed by atoms with Crippen LogP contribution in [0.3, 0.4) is 0 Å². The van der Waals surface area contributed by atoms with Gasteiger partial charge in [0.25, 0.3) is 5.91 Å². The molecule has 0 spiro atoms. The Bertz CT molecular complexity index is 1250. The number of carbonyl (C=O) groups excluding carboxylic acids is 1. The predicted molar refractivity (Wildman–Crippen MR) is 150 cm³/mol. The molecule has 1 N–H and O–H groups in total. The first-order valence-corrected chi connectivity index (χ1v) is 16.1. The van der Waals surface area contributed by atoms with Gasteiger partial charge in [0.1, 0.15) is 20.3 Å². The molecule has 0 aliphatic carbocycles. The highest BCUT2D eigenvalue weighted by Crippen LogP contribution is 2.63. The number of hydrogen-bond acceptors (Lipinski definition) is 6. The summed E-state index contributed by atoms with van der Waals surface area (Å²) in [6, 6.07) is 40.5. The van der Waals surface area contributed by atoms with Crippen molar-refractivity contribution in [1.29, 1.82) is 0 Å². The van der Waals surface area contributed by atoms with E-state index < -0.39 is 17.5 Å². The molecule has 0 saturated heterocycles. The van der Waals surface area contributed by atoms with Gasteiger partial charge in [0.15, 0.2) is 7.26 Å². The lowest BCUT2D eigenvalue weighted by Gasteiger charge is -2.30. The van der Waals surface area contributed by atoms with E-state index in [9.17, 15) is 4.79 Å². The van der Waals surface area contributed by atoms with E-state index in [-0.39, 0.29) is 5.91 Å². The van der Waals surface area contributed by atoms with Crippen LogP contribution < -0.4 is 39.9 Å². The standard InChI is InChI=1S/C29H25ClNOPS.ClHO4/c1-2-34-27(30)29(31-28(32)23-15-7-3-8-16-23)33(24-17-9-4-10-18-24,25-19-11-5-12-20-25)26-21-13-6-14-22-26;2-1(3,4)5/h3-22H,2H2,1H3;(H,2,3,4,5)/b29-27+;. The second-order valence-corrected chi connectivity index (χ2v) is 13.9. The summed E-state index contributed by atoms with van der Waals surface area (Å²) < 4.78 is 34.6. The van der Waals surface area contributed by atoms with Crippen LogP contribution >= 0.6 is 30.6 Å². The molecule has 0 fully saturated rings. The number of halogens is 2. The van der Waals surface area contributed by atoms with Gasteiger partial charge in [-0.15, -0.1) is 22.0 Å². The molecule has 4 aromatic carbocycles. The fourth-order valence-corrected chi connectivity index (χ4v) is 9.88. The van der Waals surface area contributed by atoms with Crippen molar-refractivity contribution in [3.8, 4) is 0 Å². The topological polar surface area (TPSA) is 121 Å². The molecular formula is C29H26Cl2NO5PS. The molecule has 0 unspecified atom stereocenters. The molecule has 0 aliphatic heterocycles. The van der Waals surface area contributed by atoms with Gasteiger partial charge in [0, 0.05) is 5.56 Å². The molecule has 0 bridgehead atoms. The van der Waals surface area contributed by atoms with E-state index >= 15 is 0 Å². The smallest absolute Gasteiger partial charge is 0.258 e. The van der Waals surface area contributed by atoms with Crippen molar-refractivity contribution in [2.24, 2.45) is 0 Å². The molecule has 0 atom stereocenters. The minimum atomic E-state index is -4.94. The third-order valence-electron chi connectivity index (χ3n) is 5.49. The Morgan fingerprint density at radius 2 is 1.05 bits per heavy atom. The largest absolute Gasteiger partial charge is 0.290 e. The summed E-state index contributed by atoms with van der Waals surface area (Å²) in [6.45, 7) is 2.07. The lowest BCUT2D eigenvalue weighted by atomic mass is 10.2. The number of carbonyl (C=O) groups is 1. The van der Waals surface area contributed by atoms with E-state index in [1.165, 1.54) is 0 Å². The highest BCUT2D eigenvalue weighted by molar-refractivity contribution is 8.06. The van der Waals surface area contributed by atoms with E-state index in [0.29, 0.717) is 9.93 Å². The van der Waals surface area contributed by atoms with Crippen LogP contribution in [0.25, 0.3) is 0 Å². The zero-order chi connectivity index (χ0) is 28.3. The quantitative estimate of drug-likeness (QED) is 0.307. The maximum atomic E-state index is 13.5. The summed E-state index contributed by atoms with van der Waals surface area (Å²) >= 11 is 8.61. The molecular weight excluding hydrogens is 576 g/mol. The summed E-state index contributed by atoms with van der Waals surface area (Å²) in [4.78, 5) is 13.5. The highest BCUT2D eigenvalue weighted by Gasteiger charge is 2.52. The third kappa shape index (κ3) is 8.39. The minimum absolute atomic E-state index is 0.169. The van der Waals surface area contributed by atoms with E-state index in [1.54, 1.807) is 11.8 Å². The van der Waals surface area contributed by atoms with Crippen LogP contribution in [0.15, 0.2) is 131 Å². The maximum Gasteiger partial charge on any atom is 0.258 e. The SMILES string of the molecule is CCS/C(Cl)=C(\NC(=O)c1ccccc1)[P+](c1ccccc1)(c1ccccc1)c1ccccc1.[O-][Cl+3]([O-])([O-])[O-]. The van der Waals surface area contributed by atoms with Gasteiger partial charge in [0.05, 0.1) is 0 Å². The average Bonchev–Trinajstić information content (AvgIpc) is 2.94. The molecule has 4 aromatic rings. The molecule has 0 aliphatic rings. The van der Waals surface area contributed by atoms with Crippen LogP contribution in [-0.4, -0.2) is 11.7 Å². The van der Waals surface area contributed by atoms with Crippen LogP contribution in [0.5, 0.6) is 0 Å². The zero-order valence-corrected chi connectivity index (χ0v) is 24.1. The van der Waals surface area contributed by atoms with Crippen LogP contribution in [0.1, 0.15) is 17.3 Å². The number of thioether (sulfide) groups is 1. The summed E-state index contributed by atoms with van der Waals surface area (Å²) in [5.74, 6) is 0.625. The number of rotatable bonds is 8. The second-order valence-electron chi connectivity index (χ2n) is 7.93. The summed E-state index contributed by atoms with van der Waals surface area (Å²) in [5, 5.41) is 6.68. The zero-order valence-electron chi connectivity index (χ0n) is 20.9. The van der Waals surface area contributed by atoms with Gasteiger partial charge in [-0.25, -0.2) is 18.6 Å². The molecule has 1 amide bonds. The van der Waals surface area contributed by atoms with E-state index in [0.717, 1.165) is 27.1 Å². The molecule has 0 radical (unpaired) electrons. The van der Waals surface area contributed by atoms with Gasteiger partial charge in [-0.2, -0.15) is 0 Å². The highest BCUT2D eigenvalue weighted by atomic mass is 35.7. The molecule has 10 heteroatoms. The van der Waals surface area contributed by atoms with Gasteiger partial charge in [0.2, 0.25) is 5.44 Å². The van der Waals surface area contributed by atoms with Crippen LogP contribution in [0, 0.1) is 10.2 Å². The van der Waals surface area contributed by atoms with E-state index in [1.807, 2.05) is 84.9 Å². The van der Waals surface area contributed by atoms with Gasteiger partial charge in [-0.05, 0) is 54.3 Å².